The van der Waals surface area contributed by atoms with E-state index in [1.165, 1.54) is 0 Å². The topological polar surface area (TPSA) is 55.6 Å². The molecule has 1 saturated carbocycles. The number of anilines is 1. The molecule has 0 aliphatic heterocycles. The highest BCUT2D eigenvalue weighted by Gasteiger charge is 2.51. The number of hydrogen-bond donors (Lipinski definition) is 1. The van der Waals surface area contributed by atoms with Crippen molar-refractivity contribution in [2.75, 3.05) is 26.4 Å². The first kappa shape index (κ1) is 12.9. The largest absolute Gasteiger partial charge is 0.460 e. The molecule has 0 spiro atoms. The molecule has 0 atom stereocenters. The van der Waals surface area contributed by atoms with Gasteiger partial charge in [0.25, 0.3) is 0 Å². The maximum atomic E-state index is 12.0. The number of nitrogen functional groups attached to an aromatic ring is 1. The summed E-state index contributed by atoms with van der Waals surface area (Å²) in [6.45, 7) is 1.10. The fourth-order valence-corrected chi connectivity index (χ4v) is 2.10. The molecule has 0 unspecified atom stereocenters. The molecule has 18 heavy (non-hydrogen) atoms. The van der Waals surface area contributed by atoms with Gasteiger partial charge in [0.05, 0.1) is 5.41 Å². The number of ether oxygens (including phenoxy) is 1. The molecule has 0 saturated heterocycles. The van der Waals surface area contributed by atoms with Crippen LogP contribution in [0.15, 0.2) is 24.3 Å². The molecule has 0 amide bonds. The van der Waals surface area contributed by atoms with Crippen molar-refractivity contribution in [1.82, 2.24) is 4.90 Å². The summed E-state index contributed by atoms with van der Waals surface area (Å²) in [4.78, 5) is 14.1. The first-order chi connectivity index (χ1) is 8.52. The molecule has 4 heteroatoms. The third-order valence-corrected chi connectivity index (χ3v) is 3.26. The molecule has 1 aromatic rings. The highest BCUT2D eigenvalue weighted by molar-refractivity contribution is 5.80. The quantitative estimate of drug-likeness (QED) is 0.636. The molecule has 1 aliphatic rings. The maximum absolute atomic E-state index is 12.0. The zero-order chi connectivity index (χ0) is 13.2. The summed E-state index contributed by atoms with van der Waals surface area (Å²) in [6, 6.07) is 7.40. The molecule has 98 valence electrons. The van der Waals surface area contributed by atoms with E-state index >= 15 is 0 Å². The van der Waals surface area contributed by atoms with E-state index in [2.05, 4.69) is 0 Å². The average Bonchev–Trinajstić information content (AvgIpc) is 3.08. The van der Waals surface area contributed by atoms with Crippen LogP contribution in [0.25, 0.3) is 0 Å². The molecule has 0 heterocycles. The van der Waals surface area contributed by atoms with Crippen LogP contribution in [0.3, 0.4) is 0 Å². The van der Waals surface area contributed by atoms with Gasteiger partial charge in [-0.2, -0.15) is 0 Å². The van der Waals surface area contributed by atoms with Crippen LogP contribution in [0.5, 0.6) is 0 Å². The number of benzene rings is 1. The molecule has 1 aliphatic carbocycles. The molecule has 0 radical (unpaired) electrons. The van der Waals surface area contributed by atoms with E-state index in [0.29, 0.717) is 6.61 Å². The number of nitrogens with two attached hydrogens (primary N) is 1. The molecule has 0 bridgehead atoms. The van der Waals surface area contributed by atoms with Gasteiger partial charge in [0.15, 0.2) is 0 Å². The Morgan fingerprint density at radius 1 is 1.33 bits per heavy atom. The minimum absolute atomic E-state index is 0.0759. The molecule has 4 nitrogen and oxygen atoms in total. The number of nitrogens with zero attached hydrogens (tertiary/aromatic N) is 1. The Bertz CT molecular complexity index is 422. The van der Waals surface area contributed by atoms with Crippen molar-refractivity contribution in [3.63, 3.8) is 0 Å². The van der Waals surface area contributed by atoms with E-state index in [1.807, 2.05) is 43.3 Å². The highest BCUT2D eigenvalue weighted by Crippen LogP contribution is 2.47. The van der Waals surface area contributed by atoms with Gasteiger partial charge in [-0.25, -0.2) is 0 Å². The predicted molar refractivity (Wildman–Crippen MR) is 70.9 cm³/mol. The summed E-state index contributed by atoms with van der Waals surface area (Å²) in [5.74, 6) is -0.0759. The van der Waals surface area contributed by atoms with E-state index in [9.17, 15) is 4.79 Å². The van der Waals surface area contributed by atoms with Crippen LogP contribution in [0.1, 0.15) is 18.4 Å². The second-order valence-corrected chi connectivity index (χ2v) is 5.34. The number of carbonyl (C=O) groups is 1. The lowest BCUT2D eigenvalue weighted by Gasteiger charge is -2.18. The van der Waals surface area contributed by atoms with Crippen molar-refractivity contribution in [3.8, 4) is 0 Å². The number of hydrogen-bond acceptors (Lipinski definition) is 4. The van der Waals surface area contributed by atoms with Gasteiger partial charge in [-0.05, 0) is 44.6 Å². The lowest BCUT2D eigenvalue weighted by molar-refractivity contribution is -0.152. The Morgan fingerprint density at radius 2 is 1.94 bits per heavy atom. The van der Waals surface area contributed by atoms with Crippen LogP contribution in [0, 0.1) is 5.41 Å². The molecule has 2 N–H and O–H groups in total. The monoisotopic (exact) mass is 248 g/mol. The van der Waals surface area contributed by atoms with Crippen LogP contribution in [0.2, 0.25) is 0 Å². The molecular formula is C14H20N2O2. The zero-order valence-corrected chi connectivity index (χ0v) is 11.0. The van der Waals surface area contributed by atoms with Gasteiger partial charge in [-0.3, -0.25) is 4.79 Å². The Morgan fingerprint density at radius 3 is 2.44 bits per heavy atom. The van der Waals surface area contributed by atoms with Crippen LogP contribution in [0.4, 0.5) is 5.69 Å². The zero-order valence-electron chi connectivity index (χ0n) is 11.0. The third kappa shape index (κ3) is 3.01. The first-order valence-electron chi connectivity index (χ1n) is 6.18. The fourth-order valence-electron chi connectivity index (χ4n) is 2.10. The lowest BCUT2D eigenvalue weighted by Crippen LogP contribution is -2.30. The van der Waals surface area contributed by atoms with Crippen molar-refractivity contribution in [2.24, 2.45) is 5.41 Å². The van der Waals surface area contributed by atoms with Gasteiger partial charge in [0.1, 0.15) is 6.61 Å². The summed E-state index contributed by atoms with van der Waals surface area (Å²) in [6.07, 6.45) is 1.87. The Balaban J connectivity index is 1.87. The summed E-state index contributed by atoms with van der Waals surface area (Å²) in [7, 11) is 3.96. The summed E-state index contributed by atoms with van der Waals surface area (Å²) in [5, 5.41) is 0. The van der Waals surface area contributed by atoms with Gasteiger partial charge in [0, 0.05) is 12.2 Å². The number of esters is 1. The van der Waals surface area contributed by atoms with Crippen molar-refractivity contribution in [2.45, 2.75) is 19.4 Å². The molecule has 0 aromatic heterocycles. The van der Waals surface area contributed by atoms with E-state index in [0.717, 1.165) is 30.6 Å². The second-order valence-electron chi connectivity index (χ2n) is 5.34. The van der Waals surface area contributed by atoms with Crippen molar-refractivity contribution < 1.29 is 9.53 Å². The molecule has 2 rings (SSSR count). The molecule has 1 fully saturated rings. The number of rotatable bonds is 5. The standard InChI is InChI=1S/C14H20N2O2/c1-16(2)10-14(7-8-14)13(17)18-9-11-3-5-12(15)6-4-11/h3-6H,7-10,15H2,1-2H3. The summed E-state index contributed by atoms with van der Waals surface area (Å²) in [5.41, 5.74) is 7.04. The Kier molecular flexibility index (Phi) is 3.57. The second kappa shape index (κ2) is 4.98. The molecular weight excluding hydrogens is 228 g/mol. The predicted octanol–water partition coefficient (Wildman–Crippen LogP) is 1.65. The van der Waals surface area contributed by atoms with Gasteiger partial charge in [-0.1, -0.05) is 12.1 Å². The Labute approximate surface area is 108 Å². The van der Waals surface area contributed by atoms with Crippen molar-refractivity contribution in [3.05, 3.63) is 29.8 Å². The van der Waals surface area contributed by atoms with E-state index < -0.39 is 0 Å². The van der Waals surface area contributed by atoms with Gasteiger partial charge in [-0.15, -0.1) is 0 Å². The minimum atomic E-state index is -0.253. The van der Waals surface area contributed by atoms with Crippen molar-refractivity contribution >= 4 is 11.7 Å². The van der Waals surface area contributed by atoms with E-state index in [1.54, 1.807) is 0 Å². The van der Waals surface area contributed by atoms with Crippen LogP contribution >= 0.6 is 0 Å². The highest BCUT2D eigenvalue weighted by atomic mass is 16.5. The van der Waals surface area contributed by atoms with Crippen molar-refractivity contribution in [1.29, 1.82) is 0 Å². The van der Waals surface area contributed by atoms with Gasteiger partial charge >= 0.3 is 5.97 Å². The summed E-state index contributed by atoms with van der Waals surface area (Å²) >= 11 is 0. The van der Waals surface area contributed by atoms with Gasteiger partial charge in [0.2, 0.25) is 0 Å². The Hall–Kier alpha value is -1.55. The lowest BCUT2D eigenvalue weighted by atomic mass is 10.1. The SMILES string of the molecule is CN(C)CC1(C(=O)OCc2ccc(N)cc2)CC1. The minimum Gasteiger partial charge on any atom is -0.460 e. The average molecular weight is 248 g/mol. The molecule has 1 aromatic carbocycles. The van der Waals surface area contributed by atoms with Gasteiger partial charge < -0.3 is 15.4 Å². The van der Waals surface area contributed by atoms with Crippen LogP contribution in [-0.4, -0.2) is 31.5 Å². The normalized spacial score (nSPS) is 16.6. The van der Waals surface area contributed by atoms with E-state index in [-0.39, 0.29) is 11.4 Å². The van der Waals surface area contributed by atoms with E-state index in [4.69, 9.17) is 10.5 Å². The maximum Gasteiger partial charge on any atom is 0.313 e. The van der Waals surface area contributed by atoms with Crippen LogP contribution < -0.4 is 5.73 Å². The summed E-state index contributed by atoms with van der Waals surface area (Å²) < 4.78 is 5.39. The van der Waals surface area contributed by atoms with Crippen LogP contribution in [-0.2, 0) is 16.1 Å². The number of carbonyl (C=O) groups excluding carboxylic acids is 1. The first-order valence-corrected chi connectivity index (χ1v) is 6.18. The third-order valence-electron chi connectivity index (χ3n) is 3.26. The smallest absolute Gasteiger partial charge is 0.313 e. The fraction of sp³-hybridized carbons (Fsp3) is 0.500.